The molecule has 4 nitrogen and oxygen atoms in total. The lowest BCUT2D eigenvalue weighted by molar-refractivity contribution is -0.120. The molecule has 1 aliphatic rings. The van der Waals surface area contributed by atoms with Crippen LogP contribution in [0.1, 0.15) is 24.0 Å². The van der Waals surface area contributed by atoms with Gasteiger partial charge in [0.2, 0.25) is 5.91 Å². The van der Waals surface area contributed by atoms with E-state index in [2.05, 4.69) is 17.4 Å². The van der Waals surface area contributed by atoms with Crippen LogP contribution in [0.5, 0.6) is 0 Å². The highest BCUT2D eigenvalue weighted by atomic mass is 32.2. The first kappa shape index (κ1) is 16.7. The molecule has 0 aromatic heterocycles. The maximum absolute atomic E-state index is 12.3. The first-order valence-corrected chi connectivity index (χ1v) is 9.90. The lowest BCUT2D eigenvalue weighted by Gasteiger charge is -2.17. The summed E-state index contributed by atoms with van der Waals surface area (Å²) in [4.78, 5) is 12.5. The third kappa shape index (κ3) is 3.67. The van der Waals surface area contributed by atoms with Gasteiger partial charge in [-0.2, -0.15) is 0 Å². The molecule has 0 spiro atoms. The van der Waals surface area contributed by atoms with E-state index in [9.17, 15) is 13.2 Å². The molecule has 24 heavy (non-hydrogen) atoms. The van der Waals surface area contributed by atoms with Gasteiger partial charge in [0, 0.05) is 18.2 Å². The maximum atomic E-state index is 12.3. The van der Waals surface area contributed by atoms with Crippen molar-refractivity contribution in [2.24, 2.45) is 0 Å². The summed E-state index contributed by atoms with van der Waals surface area (Å²) in [5.41, 5.74) is 1.84. The van der Waals surface area contributed by atoms with Gasteiger partial charge in [-0.3, -0.25) is 4.79 Å². The maximum Gasteiger partial charge on any atom is 0.224 e. The number of sulfone groups is 1. The zero-order valence-electron chi connectivity index (χ0n) is 13.7. The molecule has 0 heterocycles. The normalized spacial score (nSPS) is 15.7. The van der Waals surface area contributed by atoms with E-state index in [4.69, 9.17) is 0 Å². The number of nitrogens with one attached hydrogen (secondary N) is 1. The molecule has 0 unspecified atom stereocenters. The number of rotatable bonds is 6. The van der Waals surface area contributed by atoms with E-state index in [-0.39, 0.29) is 22.6 Å². The highest BCUT2D eigenvalue weighted by Crippen LogP contribution is 2.47. The smallest absolute Gasteiger partial charge is 0.224 e. The quantitative estimate of drug-likeness (QED) is 0.876. The van der Waals surface area contributed by atoms with E-state index < -0.39 is 9.84 Å². The van der Waals surface area contributed by atoms with Crippen molar-refractivity contribution in [1.82, 2.24) is 5.32 Å². The van der Waals surface area contributed by atoms with Crippen molar-refractivity contribution in [3.05, 3.63) is 65.7 Å². The van der Waals surface area contributed by atoms with Gasteiger partial charge in [0.25, 0.3) is 0 Å². The summed E-state index contributed by atoms with van der Waals surface area (Å²) in [6, 6.07) is 16.9. The summed E-state index contributed by atoms with van der Waals surface area (Å²) in [6.07, 6.45) is 3.38. The fourth-order valence-electron chi connectivity index (χ4n) is 3.02. The zero-order chi connectivity index (χ0) is 17.2. The van der Waals surface area contributed by atoms with Crippen molar-refractivity contribution in [2.45, 2.75) is 29.6 Å². The third-order valence-electron chi connectivity index (χ3n) is 4.59. The summed E-state index contributed by atoms with van der Waals surface area (Å²) < 4.78 is 23.6. The number of hydrogen-bond acceptors (Lipinski definition) is 3. The highest BCUT2D eigenvalue weighted by Gasteiger charge is 2.44. The Hall–Kier alpha value is -2.14. The van der Waals surface area contributed by atoms with Crippen LogP contribution in [0.4, 0.5) is 0 Å². The molecule has 2 aromatic carbocycles. The number of carbonyl (C=O) groups excluding carboxylic acids is 1. The highest BCUT2D eigenvalue weighted by molar-refractivity contribution is 7.90. The molecule has 2 aromatic rings. The van der Waals surface area contributed by atoms with Crippen molar-refractivity contribution in [3.8, 4) is 0 Å². The Kier molecular flexibility index (Phi) is 4.45. The standard InChI is InChI=1S/C19H21NO3S/c1-24(22,23)17-10-6-5-7-15(17)13-18(21)20-14-19(11-12-19)16-8-3-2-4-9-16/h2-10H,11-14H2,1H3,(H,20,21). The molecule has 1 amide bonds. The summed E-state index contributed by atoms with van der Waals surface area (Å²) in [7, 11) is -3.33. The second-order valence-corrected chi connectivity index (χ2v) is 8.46. The molecular formula is C19H21NO3S. The largest absolute Gasteiger partial charge is 0.355 e. The third-order valence-corrected chi connectivity index (χ3v) is 5.78. The average molecular weight is 343 g/mol. The first-order chi connectivity index (χ1) is 11.4. The summed E-state index contributed by atoms with van der Waals surface area (Å²) in [5, 5.41) is 2.98. The molecule has 0 atom stereocenters. The Bertz CT molecular complexity index is 840. The fraction of sp³-hybridized carbons (Fsp3) is 0.316. The predicted molar refractivity (Wildman–Crippen MR) is 93.6 cm³/mol. The van der Waals surface area contributed by atoms with Crippen molar-refractivity contribution in [2.75, 3.05) is 12.8 Å². The van der Waals surface area contributed by atoms with Crippen molar-refractivity contribution >= 4 is 15.7 Å². The molecule has 0 bridgehead atoms. The Morgan fingerprint density at radius 3 is 2.29 bits per heavy atom. The fourth-order valence-corrected chi connectivity index (χ4v) is 3.97. The van der Waals surface area contributed by atoms with Crippen LogP contribution < -0.4 is 5.32 Å². The van der Waals surface area contributed by atoms with Crippen molar-refractivity contribution < 1.29 is 13.2 Å². The average Bonchev–Trinajstić information content (AvgIpc) is 3.35. The number of hydrogen-bond donors (Lipinski definition) is 1. The van der Waals surface area contributed by atoms with Gasteiger partial charge in [-0.25, -0.2) is 8.42 Å². The monoisotopic (exact) mass is 343 g/mol. The molecule has 1 aliphatic carbocycles. The van der Waals surface area contributed by atoms with Gasteiger partial charge in [-0.15, -0.1) is 0 Å². The van der Waals surface area contributed by atoms with E-state index in [0.29, 0.717) is 12.1 Å². The molecule has 3 rings (SSSR count). The zero-order valence-corrected chi connectivity index (χ0v) is 14.5. The second-order valence-electron chi connectivity index (χ2n) is 6.48. The molecule has 1 fully saturated rings. The molecule has 0 saturated heterocycles. The van der Waals surface area contributed by atoms with Gasteiger partial charge in [0.05, 0.1) is 11.3 Å². The Morgan fingerprint density at radius 2 is 1.67 bits per heavy atom. The SMILES string of the molecule is CS(=O)(=O)c1ccccc1CC(=O)NCC1(c2ccccc2)CC1. The van der Waals surface area contributed by atoms with Gasteiger partial charge in [0.1, 0.15) is 0 Å². The van der Waals surface area contributed by atoms with Crippen LogP contribution >= 0.6 is 0 Å². The second kappa shape index (κ2) is 6.40. The molecule has 0 radical (unpaired) electrons. The van der Waals surface area contributed by atoms with Gasteiger partial charge in [0.15, 0.2) is 9.84 Å². The Labute approximate surface area is 142 Å². The van der Waals surface area contributed by atoms with E-state index in [1.165, 1.54) is 11.8 Å². The predicted octanol–water partition coefficient (Wildman–Crippen LogP) is 2.48. The van der Waals surface area contributed by atoms with Crippen LogP contribution in [-0.4, -0.2) is 27.1 Å². The molecule has 1 saturated carbocycles. The molecule has 5 heteroatoms. The summed E-state index contributed by atoms with van der Waals surface area (Å²) in [6.45, 7) is 0.594. The number of carbonyl (C=O) groups is 1. The summed E-state index contributed by atoms with van der Waals surface area (Å²) in [5.74, 6) is -0.145. The molecular weight excluding hydrogens is 322 g/mol. The molecule has 0 aliphatic heterocycles. The minimum absolute atomic E-state index is 0.0489. The van der Waals surface area contributed by atoms with E-state index in [1.807, 2.05) is 18.2 Å². The van der Waals surface area contributed by atoms with Gasteiger partial charge in [-0.1, -0.05) is 48.5 Å². The minimum atomic E-state index is -3.33. The van der Waals surface area contributed by atoms with Crippen molar-refractivity contribution in [1.29, 1.82) is 0 Å². The van der Waals surface area contributed by atoms with E-state index in [0.717, 1.165) is 12.8 Å². The van der Waals surface area contributed by atoms with Crippen LogP contribution in [0.25, 0.3) is 0 Å². The van der Waals surface area contributed by atoms with E-state index in [1.54, 1.807) is 24.3 Å². The lowest BCUT2D eigenvalue weighted by Crippen LogP contribution is -2.33. The van der Waals surface area contributed by atoms with Crippen molar-refractivity contribution in [3.63, 3.8) is 0 Å². The Morgan fingerprint density at radius 1 is 1.04 bits per heavy atom. The first-order valence-electron chi connectivity index (χ1n) is 8.01. The van der Waals surface area contributed by atoms with Crippen LogP contribution in [0.3, 0.4) is 0 Å². The van der Waals surface area contributed by atoms with Gasteiger partial charge >= 0.3 is 0 Å². The number of benzene rings is 2. The summed E-state index contributed by atoms with van der Waals surface area (Å²) >= 11 is 0. The Balaban J connectivity index is 1.66. The van der Waals surface area contributed by atoms with Crippen LogP contribution in [0.2, 0.25) is 0 Å². The topological polar surface area (TPSA) is 63.2 Å². The van der Waals surface area contributed by atoms with Crippen LogP contribution in [-0.2, 0) is 26.5 Å². The lowest BCUT2D eigenvalue weighted by atomic mass is 9.96. The van der Waals surface area contributed by atoms with Crippen LogP contribution in [0, 0.1) is 0 Å². The van der Waals surface area contributed by atoms with Crippen LogP contribution in [0.15, 0.2) is 59.5 Å². The minimum Gasteiger partial charge on any atom is -0.355 e. The molecule has 126 valence electrons. The van der Waals surface area contributed by atoms with Gasteiger partial charge in [-0.05, 0) is 30.0 Å². The number of amides is 1. The van der Waals surface area contributed by atoms with Gasteiger partial charge < -0.3 is 5.32 Å². The molecule has 1 N–H and O–H groups in total. The van der Waals surface area contributed by atoms with E-state index >= 15 is 0 Å².